The minimum atomic E-state index is -0.553. The molecule has 0 radical (unpaired) electrons. The molecule has 20 heavy (non-hydrogen) atoms. The maximum absolute atomic E-state index is 11.7. The summed E-state index contributed by atoms with van der Waals surface area (Å²) in [6, 6.07) is 8.28. The molecule has 0 saturated carbocycles. The molecular formula is C14H7Cl2NO3. The lowest BCUT2D eigenvalue weighted by atomic mass is 10.2. The Morgan fingerprint density at radius 1 is 1.20 bits per heavy atom. The highest BCUT2D eigenvalue weighted by molar-refractivity contribution is 6.37. The Morgan fingerprint density at radius 2 is 2.05 bits per heavy atom. The summed E-state index contributed by atoms with van der Waals surface area (Å²) >= 11 is 11.9. The van der Waals surface area contributed by atoms with Gasteiger partial charge in [-0.3, -0.25) is 0 Å². The SMILES string of the molecule is O=C1OC(c2ccc(Cl)cc2Cl)=N/C1=C/c1ccco1. The van der Waals surface area contributed by atoms with Crippen molar-refractivity contribution in [3.05, 3.63) is 63.7 Å². The van der Waals surface area contributed by atoms with Gasteiger partial charge in [0.25, 0.3) is 0 Å². The first-order valence-electron chi connectivity index (χ1n) is 5.65. The lowest BCUT2D eigenvalue weighted by Gasteiger charge is -2.02. The van der Waals surface area contributed by atoms with Crippen LogP contribution in [-0.4, -0.2) is 11.9 Å². The average Bonchev–Trinajstić information content (AvgIpc) is 3.01. The van der Waals surface area contributed by atoms with Crippen LogP contribution in [0.1, 0.15) is 11.3 Å². The van der Waals surface area contributed by atoms with Gasteiger partial charge in [-0.25, -0.2) is 9.79 Å². The molecule has 0 spiro atoms. The van der Waals surface area contributed by atoms with Crippen molar-refractivity contribution in [1.29, 1.82) is 0 Å². The molecule has 4 nitrogen and oxygen atoms in total. The van der Waals surface area contributed by atoms with E-state index in [2.05, 4.69) is 4.99 Å². The van der Waals surface area contributed by atoms with E-state index in [9.17, 15) is 4.79 Å². The maximum Gasteiger partial charge on any atom is 0.363 e. The van der Waals surface area contributed by atoms with Crippen LogP contribution in [0.4, 0.5) is 0 Å². The van der Waals surface area contributed by atoms with Crippen molar-refractivity contribution < 1.29 is 13.9 Å². The molecule has 3 rings (SSSR count). The smallest absolute Gasteiger partial charge is 0.363 e. The van der Waals surface area contributed by atoms with E-state index in [0.29, 0.717) is 21.4 Å². The van der Waals surface area contributed by atoms with Gasteiger partial charge in [0.15, 0.2) is 5.70 Å². The van der Waals surface area contributed by atoms with Gasteiger partial charge in [0.05, 0.1) is 16.8 Å². The summed E-state index contributed by atoms with van der Waals surface area (Å²) in [6.45, 7) is 0. The van der Waals surface area contributed by atoms with Crippen molar-refractivity contribution in [1.82, 2.24) is 0 Å². The number of carbonyl (C=O) groups is 1. The van der Waals surface area contributed by atoms with Crippen LogP contribution in [0.15, 0.2) is 51.7 Å². The van der Waals surface area contributed by atoms with Crippen molar-refractivity contribution >= 4 is 41.1 Å². The summed E-state index contributed by atoms with van der Waals surface area (Å²) in [7, 11) is 0. The number of aliphatic imine (C=N–C) groups is 1. The number of cyclic esters (lactones) is 1. The third kappa shape index (κ3) is 2.48. The Balaban J connectivity index is 1.98. The molecule has 0 saturated heterocycles. The predicted octanol–water partition coefficient (Wildman–Crippen LogP) is 3.93. The zero-order valence-corrected chi connectivity index (χ0v) is 11.5. The molecule has 1 aliphatic rings. The van der Waals surface area contributed by atoms with Gasteiger partial charge >= 0.3 is 5.97 Å². The molecule has 2 aromatic rings. The molecule has 0 fully saturated rings. The predicted molar refractivity (Wildman–Crippen MR) is 75.8 cm³/mol. The quantitative estimate of drug-likeness (QED) is 0.624. The van der Waals surface area contributed by atoms with Crippen LogP contribution in [0.2, 0.25) is 10.0 Å². The number of rotatable bonds is 2. The number of nitrogens with zero attached hydrogens (tertiary/aromatic N) is 1. The third-order valence-electron chi connectivity index (χ3n) is 2.60. The van der Waals surface area contributed by atoms with Crippen LogP contribution in [0.5, 0.6) is 0 Å². The molecule has 2 heterocycles. The second-order valence-corrected chi connectivity index (χ2v) is 4.82. The largest absolute Gasteiger partial charge is 0.465 e. The summed E-state index contributed by atoms with van der Waals surface area (Å²) in [5, 5.41) is 0.860. The fraction of sp³-hybridized carbons (Fsp3) is 0. The Kier molecular flexibility index (Phi) is 3.34. The highest BCUT2D eigenvalue weighted by Gasteiger charge is 2.25. The van der Waals surface area contributed by atoms with E-state index in [0.717, 1.165) is 0 Å². The number of benzene rings is 1. The van der Waals surface area contributed by atoms with E-state index in [1.165, 1.54) is 12.3 Å². The van der Waals surface area contributed by atoms with Gasteiger partial charge in [0.2, 0.25) is 5.90 Å². The van der Waals surface area contributed by atoms with Crippen molar-refractivity contribution in [2.75, 3.05) is 0 Å². The highest BCUT2D eigenvalue weighted by Crippen LogP contribution is 2.26. The summed E-state index contributed by atoms with van der Waals surface area (Å²) in [5.74, 6) is 0.112. The van der Waals surface area contributed by atoms with E-state index in [1.54, 1.807) is 30.3 Å². The van der Waals surface area contributed by atoms with E-state index < -0.39 is 5.97 Å². The topological polar surface area (TPSA) is 51.8 Å². The molecule has 0 amide bonds. The van der Waals surface area contributed by atoms with E-state index >= 15 is 0 Å². The van der Waals surface area contributed by atoms with Gasteiger partial charge in [-0.2, -0.15) is 0 Å². The van der Waals surface area contributed by atoms with Crippen LogP contribution in [0.3, 0.4) is 0 Å². The standard InChI is InChI=1S/C14H7Cl2NO3/c15-8-3-4-10(11(16)6-8)13-17-12(14(18)20-13)7-9-2-1-5-19-9/h1-7H/b12-7+. The molecule has 1 aromatic carbocycles. The summed E-state index contributed by atoms with van der Waals surface area (Å²) < 4.78 is 10.2. The van der Waals surface area contributed by atoms with Gasteiger partial charge in [-0.05, 0) is 30.3 Å². The molecule has 0 unspecified atom stereocenters. The Labute approximate surface area is 124 Å². The second kappa shape index (κ2) is 5.15. The lowest BCUT2D eigenvalue weighted by Crippen LogP contribution is -2.05. The molecule has 1 aromatic heterocycles. The summed E-state index contributed by atoms with van der Waals surface area (Å²) in [5.41, 5.74) is 0.660. The summed E-state index contributed by atoms with van der Waals surface area (Å²) in [6.07, 6.45) is 3.01. The highest BCUT2D eigenvalue weighted by atomic mass is 35.5. The van der Waals surface area contributed by atoms with Crippen molar-refractivity contribution in [2.24, 2.45) is 4.99 Å². The van der Waals surface area contributed by atoms with Crippen LogP contribution in [0.25, 0.3) is 6.08 Å². The number of carbonyl (C=O) groups excluding carboxylic acids is 1. The van der Waals surface area contributed by atoms with Crippen LogP contribution in [0, 0.1) is 0 Å². The molecular weight excluding hydrogens is 301 g/mol. The minimum Gasteiger partial charge on any atom is -0.465 e. The number of esters is 1. The summed E-state index contributed by atoms with van der Waals surface area (Å²) in [4.78, 5) is 15.9. The Morgan fingerprint density at radius 3 is 2.75 bits per heavy atom. The van der Waals surface area contributed by atoms with Crippen LogP contribution >= 0.6 is 23.2 Å². The molecule has 1 aliphatic heterocycles. The monoisotopic (exact) mass is 307 g/mol. The zero-order chi connectivity index (χ0) is 14.1. The number of ether oxygens (including phenoxy) is 1. The first-order valence-corrected chi connectivity index (χ1v) is 6.40. The van der Waals surface area contributed by atoms with Crippen molar-refractivity contribution in [2.45, 2.75) is 0 Å². The Bertz CT molecular complexity index is 733. The van der Waals surface area contributed by atoms with Gasteiger partial charge in [0.1, 0.15) is 5.76 Å². The van der Waals surface area contributed by atoms with Crippen LogP contribution in [-0.2, 0) is 9.53 Å². The molecule has 0 N–H and O–H groups in total. The van der Waals surface area contributed by atoms with Gasteiger partial charge in [-0.1, -0.05) is 23.2 Å². The first kappa shape index (κ1) is 13.0. The van der Waals surface area contributed by atoms with Gasteiger partial charge < -0.3 is 9.15 Å². The van der Waals surface area contributed by atoms with E-state index in [4.69, 9.17) is 32.4 Å². The fourth-order valence-corrected chi connectivity index (χ4v) is 2.18. The fourth-order valence-electron chi connectivity index (χ4n) is 1.70. The molecule has 0 bridgehead atoms. The van der Waals surface area contributed by atoms with Gasteiger partial charge in [0, 0.05) is 11.1 Å². The zero-order valence-electron chi connectivity index (χ0n) is 9.97. The normalized spacial score (nSPS) is 16.4. The van der Waals surface area contributed by atoms with Crippen molar-refractivity contribution in [3.63, 3.8) is 0 Å². The third-order valence-corrected chi connectivity index (χ3v) is 3.15. The number of halogens is 2. The van der Waals surface area contributed by atoms with Crippen molar-refractivity contribution in [3.8, 4) is 0 Å². The van der Waals surface area contributed by atoms with E-state index in [-0.39, 0.29) is 11.6 Å². The molecule has 0 atom stereocenters. The number of hydrogen-bond donors (Lipinski definition) is 0. The average molecular weight is 308 g/mol. The van der Waals surface area contributed by atoms with E-state index in [1.807, 2.05) is 0 Å². The lowest BCUT2D eigenvalue weighted by molar-refractivity contribution is -0.129. The maximum atomic E-state index is 11.7. The van der Waals surface area contributed by atoms with Crippen LogP contribution < -0.4 is 0 Å². The number of hydrogen-bond acceptors (Lipinski definition) is 4. The minimum absolute atomic E-state index is 0.148. The van der Waals surface area contributed by atoms with Gasteiger partial charge in [-0.15, -0.1) is 0 Å². The molecule has 6 heteroatoms. The second-order valence-electron chi connectivity index (χ2n) is 3.98. The number of furan rings is 1. The molecule has 100 valence electrons. The molecule has 0 aliphatic carbocycles. The first-order chi connectivity index (χ1) is 9.63. The Hall–Kier alpha value is -2.04.